The molecule has 6 rings (SSSR count). The second-order valence-corrected chi connectivity index (χ2v) is 11.9. The number of aromatic nitrogens is 2. The predicted octanol–water partition coefficient (Wildman–Crippen LogP) is 6.53. The summed E-state index contributed by atoms with van der Waals surface area (Å²) in [6, 6.07) is 18.2. The summed E-state index contributed by atoms with van der Waals surface area (Å²) in [5.74, 6) is -0.420. The zero-order valence-electron chi connectivity index (χ0n) is 20.5. The highest BCUT2D eigenvalue weighted by atomic mass is 35.5. The van der Waals surface area contributed by atoms with Crippen LogP contribution in [-0.4, -0.2) is 40.2 Å². The number of fused-ring (bicyclic) bond motifs is 1. The lowest BCUT2D eigenvalue weighted by Crippen LogP contribution is -2.29. The van der Waals surface area contributed by atoms with Crippen LogP contribution in [0.3, 0.4) is 0 Å². The third-order valence-corrected chi connectivity index (χ3v) is 8.92. The lowest BCUT2D eigenvalue weighted by molar-refractivity contribution is -0.132. The summed E-state index contributed by atoms with van der Waals surface area (Å²) in [4.78, 5) is 28.2. The number of carbonyl (C=O) groups excluding carboxylic acids is 2. The molecule has 1 atom stereocenters. The number of ether oxygens (including phenoxy) is 2. The normalized spacial score (nSPS) is 17.9. The third kappa shape index (κ3) is 5.15. The van der Waals surface area contributed by atoms with Crippen LogP contribution in [0.2, 0.25) is 10.0 Å². The summed E-state index contributed by atoms with van der Waals surface area (Å²) >= 11 is 14.9. The summed E-state index contributed by atoms with van der Waals surface area (Å²) in [6.07, 6.45) is 0. The summed E-state index contributed by atoms with van der Waals surface area (Å²) in [5.41, 5.74) is 1.81. The van der Waals surface area contributed by atoms with Gasteiger partial charge in [0.2, 0.25) is 5.13 Å². The van der Waals surface area contributed by atoms with Crippen molar-refractivity contribution in [2.45, 2.75) is 16.1 Å². The number of ketones is 1. The van der Waals surface area contributed by atoms with E-state index in [4.69, 9.17) is 32.7 Å². The smallest absolute Gasteiger partial charge is 0.301 e. The molecule has 0 spiro atoms. The Morgan fingerprint density at radius 2 is 1.75 bits per heavy atom. The van der Waals surface area contributed by atoms with E-state index in [-0.39, 0.29) is 16.5 Å². The van der Waals surface area contributed by atoms with Crippen LogP contribution in [0.4, 0.5) is 5.13 Å². The topological polar surface area (TPSA) is 102 Å². The van der Waals surface area contributed by atoms with Crippen molar-refractivity contribution < 1.29 is 24.2 Å². The number of benzene rings is 3. The second-order valence-electron chi connectivity index (χ2n) is 8.85. The molecular weight excluding hydrogens is 593 g/mol. The molecule has 0 radical (unpaired) electrons. The fraction of sp³-hybridized carbons (Fsp3) is 0.143. The van der Waals surface area contributed by atoms with Crippen LogP contribution in [0.25, 0.3) is 5.76 Å². The van der Waals surface area contributed by atoms with Gasteiger partial charge in [0, 0.05) is 21.4 Å². The van der Waals surface area contributed by atoms with Crippen LogP contribution >= 0.6 is 46.3 Å². The van der Waals surface area contributed by atoms with Gasteiger partial charge in [-0.05, 0) is 53.6 Å². The molecule has 1 aromatic heterocycles. The summed E-state index contributed by atoms with van der Waals surface area (Å²) in [6.45, 7) is 0.777. The van der Waals surface area contributed by atoms with E-state index in [1.54, 1.807) is 42.5 Å². The standard InChI is InChI=1S/C28H19Cl2N3O5S2/c29-18-7-4-15(5-8-18)14-39-28-32-31-27(40-28)33-23(16-2-1-3-19(30)12-16)22(25(35)26(33)36)24(34)17-6-9-20-21(13-17)38-11-10-37-20/h1-9,12-13,23,34H,10-11,14H2/b24-22+. The molecule has 3 aromatic carbocycles. The minimum absolute atomic E-state index is 0.0884. The van der Waals surface area contributed by atoms with Crippen molar-refractivity contribution >= 4 is 68.9 Å². The van der Waals surface area contributed by atoms with Crippen LogP contribution in [0.1, 0.15) is 22.7 Å². The Morgan fingerprint density at radius 1 is 0.975 bits per heavy atom. The van der Waals surface area contributed by atoms with Gasteiger partial charge in [0.05, 0.1) is 11.6 Å². The van der Waals surface area contributed by atoms with Crippen LogP contribution in [0.5, 0.6) is 11.5 Å². The molecule has 4 aromatic rings. The van der Waals surface area contributed by atoms with E-state index < -0.39 is 17.7 Å². The number of hydrogen-bond donors (Lipinski definition) is 1. The van der Waals surface area contributed by atoms with E-state index in [9.17, 15) is 14.7 Å². The van der Waals surface area contributed by atoms with E-state index >= 15 is 0 Å². The van der Waals surface area contributed by atoms with Crippen LogP contribution in [-0.2, 0) is 15.3 Å². The number of amides is 1. The maximum absolute atomic E-state index is 13.4. The molecule has 0 bridgehead atoms. The number of aliphatic hydroxyl groups excluding tert-OH is 1. The monoisotopic (exact) mass is 611 g/mol. The largest absolute Gasteiger partial charge is 0.507 e. The molecule has 0 aliphatic carbocycles. The fourth-order valence-corrected chi connectivity index (χ4v) is 6.60. The second kappa shape index (κ2) is 11.1. The van der Waals surface area contributed by atoms with Gasteiger partial charge in [-0.1, -0.05) is 70.6 Å². The molecule has 8 nitrogen and oxygen atoms in total. The maximum Gasteiger partial charge on any atom is 0.301 e. The first-order chi connectivity index (χ1) is 19.4. The number of halogens is 2. The van der Waals surface area contributed by atoms with Crippen molar-refractivity contribution in [2.24, 2.45) is 0 Å². The van der Waals surface area contributed by atoms with Crippen molar-refractivity contribution in [1.82, 2.24) is 10.2 Å². The first-order valence-electron chi connectivity index (χ1n) is 12.1. The molecule has 0 saturated carbocycles. The molecule has 1 fully saturated rings. The van der Waals surface area contributed by atoms with Crippen LogP contribution < -0.4 is 14.4 Å². The lowest BCUT2D eigenvalue weighted by Gasteiger charge is -2.23. The zero-order chi connectivity index (χ0) is 27.8. The zero-order valence-corrected chi connectivity index (χ0v) is 23.7. The molecule has 1 N–H and O–H groups in total. The van der Waals surface area contributed by atoms with Crippen molar-refractivity contribution in [3.63, 3.8) is 0 Å². The Balaban J connectivity index is 1.38. The summed E-state index contributed by atoms with van der Waals surface area (Å²) in [7, 11) is 0. The fourth-order valence-electron chi connectivity index (χ4n) is 4.45. The molecule has 1 amide bonds. The van der Waals surface area contributed by atoms with Gasteiger partial charge in [0.1, 0.15) is 19.0 Å². The number of rotatable bonds is 6. The first kappa shape index (κ1) is 26.6. The quantitative estimate of drug-likeness (QED) is 0.0862. The van der Waals surface area contributed by atoms with Gasteiger partial charge < -0.3 is 14.6 Å². The van der Waals surface area contributed by atoms with Crippen LogP contribution in [0, 0.1) is 0 Å². The highest BCUT2D eigenvalue weighted by molar-refractivity contribution is 8.00. The third-order valence-electron chi connectivity index (χ3n) is 6.30. The molecule has 40 heavy (non-hydrogen) atoms. The predicted molar refractivity (Wildman–Crippen MR) is 155 cm³/mol. The minimum Gasteiger partial charge on any atom is -0.507 e. The highest BCUT2D eigenvalue weighted by Gasteiger charge is 2.48. The van der Waals surface area contributed by atoms with E-state index in [1.807, 2.05) is 24.3 Å². The van der Waals surface area contributed by atoms with Gasteiger partial charge in [-0.3, -0.25) is 14.5 Å². The average molecular weight is 613 g/mol. The van der Waals surface area contributed by atoms with Gasteiger partial charge in [-0.25, -0.2) is 0 Å². The molecule has 202 valence electrons. The highest BCUT2D eigenvalue weighted by Crippen LogP contribution is 2.45. The number of aliphatic hydroxyl groups is 1. The van der Waals surface area contributed by atoms with E-state index in [1.165, 1.54) is 28.0 Å². The number of hydrogen-bond acceptors (Lipinski definition) is 9. The minimum atomic E-state index is -0.978. The Morgan fingerprint density at radius 3 is 2.52 bits per heavy atom. The van der Waals surface area contributed by atoms with E-state index in [0.717, 1.165) is 5.56 Å². The number of thioether (sulfide) groups is 1. The molecule has 2 aliphatic heterocycles. The Bertz CT molecular complexity index is 1660. The molecule has 3 heterocycles. The summed E-state index contributed by atoms with van der Waals surface area (Å²) in [5, 5.41) is 21.2. The van der Waals surface area contributed by atoms with Gasteiger partial charge in [0.15, 0.2) is 15.8 Å². The number of nitrogens with zero attached hydrogens (tertiary/aromatic N) is 3. The molecule has 1 unspecified atom stereocenters. The number of Topliss-reactive ketones (excluding diaryl/α,β-unsaturated/α-hetero) is 1. The molecule has 12 heteroatoms. The van der Waals surface area contributed by atoms with Crippen molar-refractivity contribution in [3.8, 4) is 11.5 Å². The Kier molecular flexibility index (Phi) is 7.41. The Hall–Kier alpha value is -3.57. The molecular formula is C28H19Cl2N3O5S2. The van der Waals surface area contributed by atoms with Crippen molar-refractivity contribution in [1.29, 1.82) is 0 Å². The summed E-state index contributed by atoms with van der Waals surface area (Å²) < 4.78 is 11.8. The molecule has 2 aliphatic rings. The van der Waals surface area contributed by atoms with Crippen LogP contribution in [0.15, 0.2) is 76.6 Å². The van der Waals surface area contributed by atoms with Crippen molar-refractivity contribution in [3.05, 3.63) is 99.0 Å². The molecule has 1 saturated heterocycles. The van der Waals surface area contributed by atoms with Crippen molar-refractivity contribution in [2.75, 3.05) is 18.1 Å². The number of anilines is 1. The number of carbonyl (C=O) groups is 2. The maximum atomic E-state index is 13.4. The van der Waals surface area contributed by atoms with Gasteiger partial charge >= 0.3 is 5.91 Å². The van der Waals surface area contributed by atoms with Gasteiger partial charge in [0.25, 0.3) is 5.78 Å². The Labute approximate surface area is 247 Å². The van der Waals surface area contributed by atoms with E-state index in [0.29, 0.717) is 56.0 Å². The SMILES string of the molecule is O=C1C(=O)N(c2nnc(SCc3ccc(Cl)cc3)s2)C(c2cccc(Cl)c2)/C1=C(\O)c1ccc2c(c1)OCCO2. The van der Waals surface area contributed by atoms with Gasteiger partial charge in [-0.2, -0.15) is 0 Å². The first-order valence-corrected chi connectivity index (χ1v) is 14.6. The average Bonchev–Trinajstić information content (AvgIpc) is 3.54. The van der Waals surface area contributed by atoms with Gasteiger partial charge in [-0.15, -0.1) is 10.2 Å². The lowest BCUT2D eigenvalue weighted by atomic mass is 9.95. The van der Waals surface area contributed by atoms with E-state index in [2.05, 4.69) is 10.2 Å².